The summed E-state index contributed by atoms with van der Waals surface area (Å²) in [6.07, 6.45) is 1.76. The third-order valence-electron chi connectivity index (χ3n) is 4.42. The lowest BCUT2D eigenvalue weighted by atomic mass is 9.96. The molecule has 1 heterocycles. The molecule has 0 unspecified atom stereocenters. The number of amides is 1. The Bertz CT molecular complexity index is 582. The molecule has 1 fully saturated rings. The van der Waals surface area contributed by atoms with Gasteiger partial charge < -0.3 is 14.4 Å². The zero-order valence-corrected chi connectivity index (χ0v) is 14.2. The molecule has 0 saturated carbocycles. The van der Waals surface area contributed by atoms with Gasteiger partial charge in [-0.1, -0.05) is 6.07 Å². The van der Waals surface area contributed by atoms with Crippen molar-refractivity contribution in [3.63, 3.8) is 0 Å². The fourth-order valence-corrected chi connectivity index (χ4v) is 2.92. The fourth-order valence-electron chi connectivity index (χ4n) is 2.92. The number of hydrogen-bond acceptors (Lipinski definition) is 5. The first-order valence-corrected chi connectivity index (χ1v) is 8.14. The van der Waals surface area contributed by atoms with E-state index in [1.54, 1.807) is 31.1 Å². The highest BCUT2D eigenvalue weighted by atomic mass is 16.6. The van der Waals surface area contributed by atoms with E-state index in [-0.39, 0.29) is 11.6 Å². The van der Waals surface area contributed by atoms with Crippen molar-refractivity contribution < 1.29 is 19.2 Å². The van der Waals surface area contributed by atoms with Crippen LogP contribution >= 0.6 is 0 Å². The molecule has 7 heteroatoms. The molecule has 1 aromatic carbocycles. The van der Waals surface area contributed by atoms with Gasteiger partial charge in [-0.05, 0) is 31.7 Å². The minimum absolute atomic E-state index is 0.0118. The molecule has 0 aromatic heterocycles. The summed E-state index contributed by atoms with van der Waals surface area (Å²) < 4.78 is 10.5. The van der Waals surface area contributed by atoms with Crippen LogP contribution in [0, 0.1) is 23.0 Å². The topological polar surface area (TPSA) is 81.9 Å². The van der Waals surface area contributed by atoms with Gasteiger partial charge in [-0.2, -0.15) is 0 Å². The number of benzene rings is 1. The third kappa shape index (κ3) is 4.52. The van der Waals surface area contributed by atoms with Gasteiger partial charge in [-0.15, -0.1) is 0 Å². The summed E-state index contributed by atoms with van der Waals surface area (Å²) in [7, 11) is 1.64. The monoisotopic (exact) mass is 336 g/mol. The lowest BCUT2D eigenvalue weighted by Gasteiger charge is -2.32. The van der Waals surface area contributed by atoms with Crippen LogP contribution in [0.4, 0.5) is 5.69 Å². The summed E-state index contributed by atoms with van der Waals surface area (Å²) in [5.74, 6) is 0.312. The molecule has 0 N–H and O–H groups in total. The van der Waals surface area contributed by atoms with Crippen LogP contribution < -0.4 is 0 Å². The van der Waals surface area contributed by atoms with Crippen LogP contribution in [0.5, 0.6) is 0 Å². The Balaban J connectivity index is 1.91. The van der Waals surface area contributed by atoms with Crippen LogP contribution in [0.2, 0.25) is 0 Å². The summed E-state index contributed by atoms with van der Waals surface area (Å²) in [6, 6.07) is 4.65. The largest absolute Gasteiger partial charge is 0.382 e. The van der Waals surface area contributed by atoms with Gasteiger partial charge in [-0.3, -0.25) is 14.9 Å². The summed E-state index contributed by atoms with van der Waals surface area (Å²) >= 11 is 0. The first kappa shape index (κ1) is 18.4. The highest BCUT2D eigenvalue weighted by Gasteiger charge is 2.26. The van der Waals surface area contributed by atoms with E-state index in [0.29, 0.717) is 50.0 Å². The maximum Gasteiger partial charge on any atom is 0.273 e. The molecule has 1 aliphatic heterocycles. The van der Waals surface area contributed by atoms with E-state index in [4.69, 9.17) is 9.47 Å². The first-order chi connectivity index (χ1) is 11.5. The lowest BCUT2D eigenvalue weighted by molar-refractivity contribution is -0.385. The number of ether oxygens (including phenoxy) is 2. The zero-order chi connectivity index (χ0) is 17.5. The van der Waals surface area contributed by atoms with Gasteiger partial charge in [0.1, 0.15) is 0 Å². The van der Waals surface area contributed by atoms with Crippen LogP contribution in [0.1, 0.15) is 28.8 Å². The van der Waals surface area contributed by atoms with Crippen molar-refractivity contribution in [2.75, 3.05) is 40.0 Å². The Morgan fingerprint density at radius 1 is 1.33 bits per heavy atom. The minimum atomic E-state index is -0.449. The number of hydrogen-bond donors (Lipinski definition) is 0. The van der Waals surface area contributed by atoms with Gasteiger partial charge in [0.15, 0.2) is 0 Å². The van der Waals surface area contributed by atoms with Crippen molar-refractivity contribution in [2.24, 2.45) is 5.92 Å². The molecule has 0 spiro atoms. The normalized spacial score (nSPS) is 15.5. The second-order valence-corrected chi connectivity index (χ2v) is 6.01. The first-order valence-electron chi connectivity index (χ1n) is 8.14. The maximum atomic E-state index is 12.7. The number of piperidine rings is 1. The highest BCUT2D eigenvalue weighted by molar-refractivity contribution is 5.96. The molecular formula is C17H24N2O5. The molecule has 1 aromatic rings. The summed E-state index contributed by atoms with van der Waals surface area (Å²) in [5.41, 5.74) is 0.832. The summed E-state index contributed by atoms with van der Waals surface area (Å²) in [4.78, 5) is 25.0. The molecule has 2 rings (SSSR count). The number of nitrogens with zero attached hydrogens (tertiary/aromatic N) is 2. The van der Waals surface area contributed by atoms with E-state index in [2.05, 4.69) is 0 Å². The number of rotatable bonds is 7. The summed E-state index contributed by atoms with van der Waals surface area (Å²) in [6.45, 7) is 4.79. The van der Waals surface area contributed by atoms with Crippen molar-refractivity contribution in [3.8, 4) is 0 Å². The van der Waals surface area contributed by atoms with Crippen LogP contribution in [-0.2, 0) is 9.47 Å². The van der Waals surface area contributed by atoms with Crippen LogP contribution in [-0.4, -0.2) is 55.8 Å². The van der Waals surface area contributed by atoms with Gasteiger partial charge in [0.2, 0.25) is 0 Å². The number of carbonyl (C=O) groups is 1. The zero-order valence-electron chi connectivity index (χ0n) is 14.2. The predicted octanol–water partition coefficient (Wildman–Crippen LogP) is 2.42. The molecule has 0 bridgehead atoms. The molecular weight excluding hydrogens is 312 g/mol. The SMILES string of the molecule is COCCOCC1CCN(C(=O)c2cccc([N+](=O)[O-])c2C)CC1. The second-order valence-electron chi connectivity index (χ2n) is 6.01. The molecule has 24 heavy (non-hydrogen) atoms. The molecule has 0 radical (unpaired) electrons. The number of nitro groups is 1. The smallest absolute Gasteiger partial charge is 0.273 e. The van der Waals surface area contributed by atoms with Crippen molar-refractivity contribution in [2.45, 2.75) is 19.8 Å². The van der Waals surface area contributed by atoms with Crippen molar-refractivity contribution in [3.05, 3.63) is 39.4 Å². The lowest BCUT2D eigenvalue weighted by Crippen LogP contribution is -2.39. The number of methoxy groups -OCH3 is 1. The van der Waals surface area contributed by atoms with E-state index in [1.807, 2.05) is 0 Å². The highest BCUT2D eigenvalue weighted by Crippen LogP contribution is 2.24. The van der Waals surface area contributed by atoms with Crippen LogP contribution in [0.3, 0.4) is 0 Å². The minimum Gasteiger partial charge on any atom is -0.382 e. The van der Waals surface area contributed by atoms with E-state index < -0.39 is 4.92 Å². The molecule has 1 aliphatic rings. The van der Waals surface area contributed by atoms with Gasteiger partial charge in [0.05, 0.1) is 18.1 Å². The van der Waals surface area contributed by atoms with Crippen LogP contribution in [0.15, 0.2) is 18.2 Å². The number of likely N-dealkylation sites (tertiary alicyclic amines) is 1. The number of carbonyl (C=O) groups excluding carboxylic acids is 1. The Hall–Kier alpha value is -1.99. The molecule has 0 aliphatic carbocycles. The molecule has 1 amide bonds. The van der Waals surface area contributed by atoms with Gasteiger partial charge in [-0.25, -0.2) is 0 Å². The maximum absolute atomic E-state index is 12.7. The van der Waals surface area contributed by atoms with Crippen molar-refractivity contribution in [1.29, 1.82) is 0 Å². The Labute approximate surface area is 141 Å². The quantitative estimate of drug-likeness (QED) is 0.434. The van der Waals surface area contributed by atoms with Gasteiger partial charge >= 0.3 is 0 Å². The van der Waals surface area contributed by atoms with Gasteiger partial charge in [0.25, 0.3) is 11.6 Å². The fraction of sp³-hybridized carbons (Fsp3) is 0.588. The molecule has 0 atom stereocenters. The predicted molar refractivity (Wildman–Crippen MR) is 89.2 cm³/mol. The molecule has 7 nitrogen and oxygen atoms in total. The third-order valence-corrected chi connectivity index (χ3v) is 4.42. The van der Waals surface area contributed by atoms with Crippen molar-refractivity contribution >= 4 is 11.6 Å². The molecule has 132 valence electrons. The van der Waals surface area contributed by atoms with E-state index in [0.717, 1.165) is 12.8 Å². The van der Waals surface area contributed by atoms with Gasteiger partial charge in [0, 0.05) is 44.0 Å². The average Bonchev–Trinajstić information content (AvgIpc) is 2.58. The van der Waals surface area contributed by atoms with Crippen LogP contribution in [0.25, 0.3) is 0 Å². The Morgan fingerprint density at radius 3 is 2.67 bits per heavy atom. The summed E-state index contributed by atoms with van der Waals surface area (Å²) in [5, 5.41) is 11.0. The van der Waals surface area contributed by atoms with E-state index in [1.165, 1.54) is 6.07 Å². The van der Waals surface area contributed by atoms with Crippen molar-refractivity contribution in [1.82, 2.24) is 4.90 Å². The average molecular weight is 336 g/mol. The van der Waals surface area contributed by atoms with E-state index >= 15 is 0 Å². The molecule has 1 saturated heterocycles. The second kappa shape index (κ2) is 8.75. The Kier molecular flexibility index (Phi) is 6.69. The Morgan fingerprint density at radius 2 is 2.04 bits per heavy atom. The number of nitro benzene ring substituents is 1. The standard InChI is InChI=1S/C17H24N2O5/c1-13-15(4-3-5-16(13)19(21)22)17(20)18-8-6-14(7-9-18)12-24-11-10-23-2/h3-5,14H,6-12H2,1-2H3. The van der Waals surface area contributed by atoms with E-state index in [9.17, 15) is 14.9 Å².